The molecule has 1 heterocycles. The summed E-state index contributed by atoms with van der Waals surface area (Å²) in [4.78, 5) is 2.50. The minimum atomic E-state index is -0.00672. The van der Waals surface area contributed by atoms with Crippen molar-refractivity contribution >= 4 is 17.2 Å². The van der Waals surface area contributed by atoms with E-state index in [4.69, 9.17) is 5.10 Å². The average molecular weight is 648 g/mol. The molecule has 0 spiro atoms. The first kappa shape index (κ1) is 34.2. The number of hydrogen-bond acceptors (Lipinski definition) is 3. The Bertz CT molecular complexity index is 1840. The van der Waals surface area contributed by atoms with Gasteiger partial charge in [0, 0.05) is 5.56 Å². The number of amidine groups is 1. The maximum Gasteiger partial charge on any atom is 0.162 e. The maximum absolute atomic E-state index is 5.58. The Labute approximate surface area is 295 Å². The Morgan fingerprint density at radius 2 is 0.980 bits per heavy atom. The summed E-state index contributed by atoms with van der Waals surface area (Å²) in [6, 6.07) is 42.3. The molecule has 1 aliphatic heterocycles. The minimum Gasteiger partial charge on any atom is -0.304 e. The van der Waals surface area contributed by atoms with E-state index in [1.807, 2.05) is 0 Å². The minimum absolute atomic E-state index is 0.00672. The van der Waals surface area contributed by atoms with Crippen molar-refractivity contribution in [3.05, 3.63) is 143 Å². The van der Waals surface area contributed by atoms with Crippen LogP contribution in [0.2, 0.25) is 0 Å². The van der Waals surface area contributed by atoms with Gasteiger partial charge in [-0.15, -0.1) is 0 Å². The van der Waals surface area contributed by atoms with Crippen LogP contribution in [0.5, 0.6) is 0 Å². The summed E-state index contributed by atoms with van der Waals surface area (Å²) in [5.74, 6) is 1.72. The number of rotatable bonds is 7. The van der Waals surface area contributed by atoms with Gasteiger partial charge < -0.3 is 4.90 Å². The van der Waals surface area contributed by atoms with Crippen LogP contribution in [-0.4, -0.2) is 12.5 Å². The van der Waals surface area contributed by atoms with Crippen molar-refractivity contribution in [3.8, 4) is 22.3 Å². The fourth-order valence-electron chi connectivity index (χ4n) is 6.73. The molecule has 0 atom stereocenters. The Morgan fingerprint density at radius 1 is 0.510 bits per heavy atom. The molecule has 0 radical (unpaired) electrons. The van der Waals surface area contributed by atoms with Crippen LogP contribution in [0.25, 0.3) is 22.3 Å². The molecule has 3 nitrogen and oxygen atoms in total. The molecule has 1 aliphatic rings. The zero-order chi connectivity index (χ0) is 35.1. The van der Waals surface area contributed by atoms with Crippen LogP contribution >= 0.6 is 0 Å². The maximum atomic E-state index is 5.58. The molecule has 5 aromatic rings. The largest absolute Gasteiger partial charge is 0.304 e. The van der Waals surface area contributed by atoms with E-state index in [2.05, 4.69) is 194 Å². The van der Waals surface area contributed by atoms with E-state index >= 15 is 0 Å². The number of nitrogens with zero attached hydrogens (tertiary/aromatic N) is 3. The number of anilines is 2. The van der Waals surface area contributed by atoms with Crippen molar-refractivity contribution in [3.63, 3.8) is 0 Å². The van der Waals surface area contributed by atoms with Gasteiger partial charge in [-0.1, -0.05) is 154 Å². The molecule has 0 amide bonds. The van der Waals surface area contributed by atoms with E-state index < -0.39 is 0 Å². The van der Waals surface area contributed by atoms with Crippen molar-refractivity contribution in [2.45, 2.75) is 91.9 Å². The van der Waals surface area contributed by atoms with Crippen LogP contribution in [0.3, 0.4) is 0 Å². The van der Waals surface area contributed by atoms with Crippen LogP contribution < -0.4 is 9.91 Å². The van der Waals surface area contributed by atoms with E-state index in [0.29, 0.717) is 18.5 Å². The van der Waals surface area contributed by atoms with Crippen molar-refractivity contribution in [2.75, 3.05) is 16.6 Å². The summed E-state index contributed by atoms with van der Waals surface area (Å²) in [5, 5.41) is 7.80. The monoisotopic (exact) mass is 647 g/mol. The Kier molecular flexibility index (Phi) is 9.33. The summed E-state index contributed by atoms with van der Waals surface area (Å²) in [6.45, 7) is 23.7. The topological polar surface area (TPSA) is 18.8 Å². The SMILES string of the molecule is CC(C)c1cccc(C(C)C)c1N1CN(c2cc(-c3ccccc3)cc(-c3ccccc3)c2)N=C1c1cc(C(C)(C)C)cc(C(C)(C)C)c1. The first-order valence-electron chi connectivity index (χ1n) is 17.9. The molecule has 0 N–H and O–H groups in total. The Balaban J connectivity index is 1.61. The van der Waals surface area contributed by atoms with Crippen molar-refractivity contribution < 1.29 is 0 Å². The van der Waals surface area contributed by atoms with Gasteiger partial charge in [0.15, 0.2) is 5.84 Å². The van der Waals surface area contributed by atoms with Crippen molar-refractivity contribution in [1.29, 1.82) is 0 Å². The van der Waals surface area contributed by atoms with Crippen molar-refractivity contribution in [2.24, 2.45) is 5.10 Å². The smallest absolute Gasteiger partial charge is 0.162 e. The molecule has 5 aromatic carbocycles. The molecular weight excluding hydrogens is 595 g/mol. The molecule has 0 saturated carbocycles. The molecule has 0 saturated heterocycles. The highest BCUT2D eigenvalue weighted by Gasteiger charge is 2.33. The second-order valence-electron chi connectivity index (χ2n) is 16.3. The quantitative estimate of drug-likeness (QED) is 0.175. The van der Waals surface area contributed by atoms with Crippen molar-refractivity contribution in [1.82, 2.24) is 0 Å². The van der Waals surface area contributed by atoms with Gasteiger partial charge >= 0.3 is 0 Å². The zero-order valence-corrected chi connectivity index (χ0v) is 31.2. The molecule has 0 bridgehead atoms. The van der Waals surface area contributed by atoms with Gasteiger partial charge in [0.25, 0.3) is 0 Å². The first-order chi connectivity index (χ1) is 23.2. The normalized spacial score (nSPS) is 13.8. The molecule has 0 unspecified atom stereocenters. The van der Waals surface area contributed by atoms with Gasteiger partial charge in [0.2, 0.25) is 0 Å². The molecular formula is C46H53N3. The lowest BCUT2D eigenvalue weighted by Gasteiger charge is -2.31. The summed E-state index contributed by atoms with van der Waals surface area (Å²) in [7, 11) is 0. The third-order valence-electron chi connectivity index (χ3n) is 9.71. The third-order valence-corrected chi connectivity index (χ3v) is 9.71. The van der Waals surface area contributed by atoms with E-state index in [-0.39, 0.29) is 10.8 Å². The van der Waals surface area contributed by atoms with Gasteiger partial charge in [-0.2, -0.15) is 5.10 Å². The Morgan fingerprint density at radius 3 is 1.41 bits per heavy atom. The predicted molar refractivity (Wildman–Crippen MR) is 212 cm³/mol. The molecule has 3 heteroatoms. The highest BCUT2D eigenvalue weighted by atomic mass is 15.6. The zero-order valence-electron chi connectivity index (χ0n) is 31.2. The fraction of sp³-hybridized carbons (Fsp3) is 0.326. The van der Waals surface area contributed by atoms with E-state index in [1.54, 1.807) is 0 Å². The lowest BCUT2D eigenvalue weighted by Crippen LogP contribution is -2.34. The van der Waals surface area contributed by atoms with E-state index in [1.165, 1.54) is 50.2 Å². The molecule has 0 fully saturated rings. The number of para-hydroxylation sites is 1. The van der Waals surface area contributed by atoms with Crippen LogP contribution in [0, 0.1) is 0 Å². The second-order valence-corrected chi connectivity index (χ2v) is 16.3. The number of hydrazone groups is 1. The van der Waals surface area contributed by atoms with Crippen LogP contribution in [-0.2, 0) is 10.8 Å². The van der Waals surface area contributed by atoms with Gasteiger partial charge in [0.05, 0.1) is 11.4 Å². The van der Waals surface area contributed by atoms with Gasteiger partial charge in [-0.05, 0) is 97.5 Å². The van der Waals surface area contributed by atoms with Gasteiger partial charge in [-0.3, -0.25) is 0 Å². The number of benzene rings is 5. The third kappa shape index (κ3) is 7.22. The fourth-order valence-corrected chi connectivity index (χ4v) is 6.73. The van der Waals surface area contributed by atoms with E-state index in [0.717, 1.165) is 17.1 Å². The molecule has 6 rings (SSSR count). The van der Waals surface area contributed by atoms with Gasteiger partial charge in [0.1, 0.15) is 6.67 Å². The van der Waals surface area contributed by atoms with E-state index in [9.17, 15) is 0 Å². The summed E-state index contributed by atoms with van der Waals surface area (Å²) >= 11 is 0. The van der Waals surface area contributed by atoms with Crippen LogP contribution in [0.4, 0.5) is 11.4 Å². The number of hydrogen-bond donors (Lipinski definition) is 0. The molecule has 49 heavy (non-hydrogen) atoms. The second kappa shape index (κ2) is 13.3. The Hall–Kier alpha value is -4.63. The van der Waals surface area contributed by atoms with Crippen LogP contribution in [0.1, 0.15) is 109 Å². The lowest BCUT2D eigenvalue weighted by molar-refractivity contribution is 0.568. The molecule has 0 aliphatic carbocycles. The first-order valence-corrected chi connectivity index (χ1v) is 17.9. The lowest BCUT2D eigenvalue weighted by atomic mass is 9.79. The molecule has 252 valence electrons. The highest BCUT2D eigenvalue weighted by molar-refractivity contribution is 6.13. The summed E-state index contributed by atoms with van der Waals surface area (Å²) in [6.07, 6.45) is 0. The molecule has 0 aromatic heterocycles. The summed E-state index contributed by atoms with van der Waals surface area (Å²) < 4.78 is 0. The van der Waals surface area contributed by atoms with Crippen LogP contribution in [0.15, 0.2) is 120 Å². The average Bonchev–Trinajstić information content (AvgIpc) is 3.53. The highest BCUT2D eigenvalue weighted by Crippen LogP contribution is 2.41. The standard InChI is InChI=1S/C46H53N3/c1-31(2)41-22-17-23-42(32(3)4)43(41)48-30-49(47-44(48)37-25-38(45(5,6)7)29-39(26-37)46(8,9)10)40-27-35(33-18-13-11-14-19-33)24-36(28-40)34-20-15-12-16-21-34/h11-29,31-32H,30H2,1-10H3. The van der Waals surface area contributed by atoms with Gasteiger partial charge in [-0.25, -0.2) is 5.01 Å². The summed E-state index contributed by atoms with van der Waals surface area (Å²) in [5.41, 5.74) is 13.6. The predicted octanol–water partition coefficient (Wildman–Crippen LogP) is 12.5.